The van der Waals surface area contributed by atoms with Gasteiger partial charge in [0.15, 0.2) is 0 Å². The minimum absolute atomic E-state index is 0.0193. The molecule has 4 nitrogen and oxygen atoms in total. The summed E-state index contributed by atoms with van der Waals surface area (Å²) >= 11 is 1.77. The molecule has 0 aromatic carbocycles. The van der Waals surface area contributed by atoms with E-state index in [1.165, 1.54) is 9.75 Å². The van der Waals surface area contributed by atoms with Crippen molar-refractivity contribution in [3.8, 4) is 0 Å². The van der Waals surface area contributed by atoms with Crippen molar-refractivity contribution in [3.63, 3.8) is 0 Å². The topological polar surface area (TPSA) is 58.6 Å². The molecule has 20 heavy (non-hydrogen) atoms. The number of carbonyl (C=O) groups is 1. The molecule has 1 aromatic heterocycles. The van der Waals surface area contributed by atoms with Crippen molar-refractivity contribution in [2.75, 3.05) is 13.2 Å². The zero-order valence-corrected chi connectivity index (χ0v) is 13.5. The lowest BCUT2D eigenvalue weighted by Crippen LogP contribution is -2.36. The van der Waals surface area contributed by atoms with Gasteiger partial charge < -0.3 is 15.2 Å². The van der Waals surface area contributed by atoms with E-state index in [0.717, 1.165) is 12.8 Å². The summed E-state index contributed by atoms with van der Waals surface area (Å²) in [5.74, 6) is 0.0193. The van der Waals surface area contributed by atoms with Crippen molar-refractivity contribution < 1.29 is 14.6 Å². The van der Waals surface area contributed by atoms with Gasteiger partial charge >= 0.3 is 6.09 Å². The van der Waals surface area contributed by atoms with Crippen LogP contribution >= 0.6 is 11.3 Å². The fourth-order valence-corrected chi connectivity index (χ4v) is 2.82. The number of alkyl carbamates (subject to hydrolysis) is 1. The van der Waals surface area contributed by atoms with Crippen molar-refractivity contribution in [2.45, 2.75) is 46.1 Å². The average molecular weight is 299 g/mol. The second-order valence-corrected chi connectivity index (χ2v) is 7.11. The predicted octanol–water partition coefficient (Wildman–Crippen LogP) is 2.99. The lowest BCUT2D eigenvalue weighted by molar-refractivity contribution is 0.0513. The largest absolute Gasteiger partial charge is 0.444 e. The van der Waals surface area contributed by atoms with Gasteiger partial charge in [-0.25, -0.2) is 4.79 Å². The molecule has 0 saturated heterocycles. The Labute approximate surface area is 125 Å². The zero-order chi connectivity index (χ0) is 15.2. The number of aliphatic hydroxyl groups is 1. The summed E-state index contributed by atoms with van der Waals surface area (Å²) in [7, 11) is 0. The molecule has 1 amide bonds. The number of hydrogen-bond donors (Lipinski definition) is 2. The standard InChI is InChI=1S/C15H25NO3S/c1-5-12-6-7-13(20-12)8-11(10-17)9-16-14(18)19-15(2,3)4/h6-7,11,17H,5,8-10H2,1-4H3,(H,16,18). The molecule has 1 aromatic rings. The number of aliphatic hydroxyl groups excluding tert-OH is 1. The van der Waals surface area contributed by atoms with Gasteiger partial charge in [-0.15, -0.1) is 11.3 Å². The molecule has 5 heteroatoms. The Hall–Kier alpha value is -1.07. The molecule has 0 aliphatic rings. The first-order valence-electron chi connectivity index (χ1n) is 6.99. The molecule has 1 rings (SSSR count). The third-order valence-corrected chi connectivity index (χ3v) is 4.00. The van der Waals surface area contributed by atoms with E-state index in [0.29, 0.717) is 6.54 Å². The normalized spacial score (nSPS) is 13.1. The van der Waals surface area contributed by atoms with E-state index in [9.17, 15) is 9.90 Å². The lowest BCUT2D eigenvalue weighted by atomic mass is 10.1. The minimum atomic E-state index is -0.497. The fraction of sp³-hybridized carbons (Fsp3) is 0.667. The van der Waals surface area contributed by atoms with Gasteiger partial charge in [0.2, 0.25) is 0 Å². The lowest BCUT2D eigenvalue weighted by Gasteiger charge is -2.21. The molecular formula is C15H25NO3S. The van der Waals surface area contributed by atoms with Crippen LogP contribution in [0, 0.1) is 5.92 Å². The summed E-state index contributed by atoms with van der Waals surface area (Å²) in [4.78, 5) is 14.2. The van der Waals surface area contributed by atoms with E-state index in [4.69, 9.17) is 4.74 Å². The van der Waals surface area contributed by atoms with E-state index in [2.05, 4.69) is 24.4 Å². The van der Waals surface area contributed by atoms with E-state index in [1.807, 2.05) is 20.8 Å². The fourth-order valence-electron chi connectivity index (χ4n) is 1.75. The molecule has 0 spiro atoms. The quantitative estimate of drug-likeness (QED) is 0.849. The predicted molar refractivity (Wildman–Crippen MR) is 82.2 cm³/mol. The van der Waals surface area contributed by atoms with Crippen LogP contribution in [-0.4, -0.2) is 30.0 Å². The summed E-state index contributed by atoms with van der Waals surface area (Å²) in [6, 6.07) is 4.22. The molecule has 0 saturated carbocycles. The first-order valence-corrected chi connectivity index (χ1v) is 7.81. The number of thiophene rings is 1. The van der Waals surface area contributed by atoms with E-state index < -0.39 is 11.7 Å². The van der Waals surface area contributed by atoms with Crippen LogP contribution in [0.1, 0.15) is 37.4 Å². The summed E-state index contributed by atoms with van der Waals surface area (Å²) < 4.78 is 5.18. The number of hydrogen-bond acceptors (Lipinski definition) is 4. The SMILES string of the molecule is CCc1ccc(CC(CO)CNC(=O)OC(C)(C)C)s1. The molecule has 0 fully saturated rings. The van der Waals surface area contributed by atoms with Crippen LogP contribution in [0.25, 0.3) is 0 Å². The molecule has 0 bridgehead atoms. The first kappa shape index (κ1) is 17.0. The average Bonchev–Trinajstić information content (AvgIpc) is 2.80. The molecule has 114 valence electrons. The third kappa shape index (κ3) is 6.39. The highest BCUT2D eigenvalue weighted by Gasteiger charge is 2.17. The summed E-state index contributed by atoms with van der Waals surface area (Å²) in [5, 5.41) is 12.1. The molecule has 1 heterocycles. The van der Waals surface area contributed by atoms with Gasteiger partial charge in [0.1, 0.15) is 5.60 Å². The van der Waals surface area contributed by atoms with E-state index in [-0.39, 0.29) is 12.5 Å². The van der Waals surface area contributed by atoms with Crippen molar-refractivity contribution in [1.82, 2.24) is 5.32 Å². The number of aryl methyl sites for hydroxylation is 1. The van der Waals surface area contributed by atoms with Gasteiger partial charge in [-0.3, -0.25) is 0 Å². The van der Waals surface area contributed by atoms with Crippen LogP contribution in [0.3, 0.4) is 0 Å². The van der Waals surface area contributed by atoms with Gasteiger partial charge in [0.05, 0.1) is 0 Å². The number of nitrogens with one attached hydrogen (secondary N) is 1. The maximum atomic E-state index is 11.6. The van der Waals surface area contributed by atoms with E-state index >= 15 is 0 Å². The summed E-state index contributed by atoms with van der Waals surface area (Å²) in [6.07, 6.45) is 1.37. The highest BCUT2D eigenvalue weighted by molar-refractivity contribution is 7.11. The van der Waals surface area contributed by atoms with Crippen LogP contribution < -0.4 is 5.32 Å². The number of ether oxygens (including phenoxy) is 1. The molecule has 0 aliphatic heterocycles. The second kappa shape index (κ2) is 7.64. The third-order valence-electron chi connectivity index (χ3n) is 2.75. The van der Waals surface area contributed by atoms with Gasteiger partial charge in [-0.2, -0.15) is 0 Å². The molecule has 2 N–H and O–H groups in total. The van der Waals surface area contributed by atoms with Crippen LogP contribution in [0.4, 0.5) is 4.79 Å². The van der Waals surface area contributed by atoms with Crippen LogP contribution in [0.15, 0.2) is 12.1 Å². The van der Waals surface area contributed by atoms with Gasteiger partial charge in [-0.05, 0) is 45.7 Å². The molecular weight excluding hydrogens is 274 g/mol. The Morgan fingerprint density at radius 1 is 1.40 bits per heavy atom. The number of amides is 1. The Morgan fingerprint density at radius 2 is 2.05 bits per heavy atom. The van der Waals surface area contributed by atoms with Gasteiger partial charge in [0.25, 0.3) is 0 Å². The van der Waals surface area contributed by atoms with Crippen molar-refractivity contribution in [3.05, 3.63) is 21.9 Å². The molecule has 1 atom stereocenters. The monoisotopic (exact) mass is 299 g/mol. The number of rotatable bonds is 6. The van der Waals surface area contributed by atoms with Gasteiger partial charge in [-0.1, -0.05) is 6.92 Å². The Morgan fingerprint density at radius 3 is 2.55 bits per heavy atom. The maximum Gasteiger partial charge on any atom is 0.407 e. The summed E-state index contributed by atoms with van der Waals surface area (Å²) in [6.45, 7) is 8.08. The van der Waals surface area contributed by atoms with Crippen molar-refractivity contribution >= 4 is 17.4 Å². The van der Waals surface area contributed by atoms with Crippen molar-refractivity contribution in [1.29, 1.82) is 0 Å². The van der Waals surface area contributed by atoms with Gasteiger partial charge in [0, 0.05) is 28.8 Å². The van der Waals surface area contributed by atoms with E-state index in [1.54, 1.807) is 11.3 Å². The van der Waals surface area contributed by atoms with Crippen LogP contribution in [0.5, 0.6) is 0 Å². The molecule has 0 aliphatic carbocycles. The summed E-state index contributed by atoms with van der Waals surface area (Å²) in [5.41, 5.74) is -0.497. The van der Waals surface area contributed by atoms with Crippen molar-refractivity contribution in [2.24, 2.45) is 5.92 Å². The van der Waals surface area contributed by atoms with Crippen LogP contribution in [0.2, 0.25) is 0 Å². The first-order chi connectivity index (χ1) is 9.34. The smallest absolute Gasteiger partial charge is 0.407 e. The minimum Gasteiger partial charge on any atom is -0.444 e. The Balaban J connectivity index is 2.41. The van der Waals surface area contributed by atoms with Crippen LogP contribution in [-0.2, 0) is 17.6 Å². The Kier molecular flexibility index (Phi) is 6.49. The maximum absolute atomic E-state index is 11.6. The Bertz CT molecular complexity index is 423. The second-order valence-electron chi connectivity index (χ2n) is 5.86. The highest BCUT2D eigenvalue weighted by Crippen LogP contribution is 2.20. The number of carbonyl (C=O) groups excluding carboxylic acids is 1. The molecule has 1 unspecified atom stereocenters. The zero-order valence-electron chi connectivity index (χ0n) is 12.7. The highest BCUT2D eigenvalue weighted by atomic mass is 32.1. The molecule has 0 radical (unpaired) electrons.